The molecule has 1 aromatic heterocycles. The number of amides is 1. The number of carbonyl (C=O) groups is 1. The van der Waals surface area contributed by atoms with E-state index < -0.39 is 17.2 Å². The van der Waals surface area contributed by atoms with E-state index >= 15 is 0 Å². The second-order valence-corrected chi connectivity index (χ2v) is 7.93. The molecule has 0 radical (unpaired) electrons. The third-order valence-corrected chi connectivity index (χ3v) is 4.72. The van der Waals surface area contributed by atoms with Crippen molar-refractivity contribution in [1.82, 2.24) is 10.3 Å². The molecule has 0 saturated heterocycles. The summed E-state index contributed by atoms with van der Waals surface area (Å²) >= 11 is 0. The maximum atomic E-state index is 13.8. The van der Waals surface area contributed by atoms with Crippen LogP contribution in [0.3, 0.4) is 0 Å². The van der Waals surface area contributed by atoms with Crippen LogP contribution in [0.2, 0.25) is 0 Å². The molecule has 0 saturated carbocycles. The predicted octanol–water partition coefficient (Wildman–Crippen LogP) is 5.29. The summed E-state index contributed by atoms with van der Waals surface area (Å²) in [5.41, 5.74) is 0.933. The molecule has 3 aromatic rings. The van der Waals surface area contributed by atoms with Crippen LogP contribution in [0.4, 0.5) is 8.78 Å². The zero-order valence-corrected chi connectivity index (χ0v) is 16.3. The molecule has 28 heavy (non-hydrogen) atoms. The van der Waals surface area contributed by atoms with Crippen LogP contribution < -0.4 is 5.32 Å². The first kappa shape index (κ1) is 19.9. The molecule has 0 spiro atoms. The minimum atomic E-state index is -1.00. The first-order valence-electron chi connectivity index (χ1n) is 9.37. The number of halogens is 2. The van der Waals surface area contributed by atoms with Gasteiger partial charge in [0.1, 0.15) is 5.52 Å². The number of hydrogen-bond acceptors (Lipinski definition) is 2. The van der Waals surface area contributed by atoms with Gasteiger partial charge in [-0.05, 0) is 49.4 Å². The molecule has 1 heterocycles. The number of carbonyl (C=O) groups excluding carboxylic acids is 1. The van der Waals surface area contributed by atoms with Gasteiger partial charge in [-0.1, -0.05) is 44.2 Å². The monoisotopic (exact) mass is 382 g/mol. The average Bonchev–Trinajstić information content (AvgIpc) is 2.64. The molecule has 1 N–H and O–H groups in total. The topological polar surface area (TPSA) is 42.0 Å². The van der Waals surface area contributed by atoms with Gasteiger partial charge in [0.05, 0.1) is 5.56 Å². The van der Waals surface area contributed by atoms with E-state index in [4.69, 9.17) is 0 Å². The molecule has 1 atom stereocenters. The summed E-state index contributed by atoms with van der Waals surface area (Å²) in [6.07, 6.45) is 2.78. The fraction of sp³-hybridized carbons (Fsp3) is 0.304. The van der Waals surface area contributed by atoms with E-state index in [0.717, 1.165) is 18.1 Å². The summed E-state index contributed by atoms with van der Waals surface area (Å²) in [5, 5.41) is 3.52. The number of pyridine rings is 1. The van der Waals surface area contributed by atoms with E-state index in [9.17, 15) is 13.6 Å². The fourth-order valence-electron chi connectivity index (χ4n) is 3.73. The molecule has 0 aliphatic carbocycles. The molecule has 0 fully saturated rings. The maximum absolute atomic E-state index is 13.8. The van der Waals surface area contributed by atoms with E-state index in [2.05, 4.69) is 24.1 Å². The van der Waals surface area contributed by atoms with Crippen molar-refractivity contribution < 1.29 is 13.6 Å². The van der Waals surface area contributed by atoms with E-state index in [0.29, 0.717) is 23.3 Å². The summed E-state index contributed by atoms with van der Waals surface area (Å²) < 4.78 is 27.2. The molecular weight excluding hydrogens is 358 g/mol. The molecule has 0 aliphatic heterocycles. The van der Waals surface area contributed by atoms with Crippen molar-refractivity contribution in [2.24, 2.45) is 5.92 Å². The van der Waals surface area contributed by atoms with Gasteiger partial charge in [-0.15, -0.1) is 0 Å². The summed E-state index contributed by atoms with van der Waals surface area (Å²) in [6, 6.07) is 14.0. The Labute approximate surface area is 163 Å². The highest BCUT2D eigenvalue weighted by molar-refractivity contribution is 5.97. The number of benzene rings is 2. The van der Waals surface area contributed by atoms with Crippen LogP contribution in [0.15, 0.2) is 54.7 Å². The van der Waals surface area contributed by atoms with Crippen LogP contribution in [-0.2, 0) is 6.42 Å². The third-order valence-electron chi connectivity index (χ3n) is 4.72. The summed E-state index contributed by atoms with van der Waals surface area (Å²) in [6.45, 7) is 6.26. The number of nitrogens with one attached hydrogen (secondary N) is 1. The van der Waals surface area contributed by atoms with Gasteiger partial charge in [0.15, 0.2) is 11.6 Å². The first-order valence-corrected chi connectivity index (χ1v) is 9.37. The van der Waals surface area contributed by atoms with Crippen LogP contribution >= 0.6 is 0 Å². The van der Waals surface area contributed by atoms with E-state index in [-0.39, 0.29) is 11.4 Å². The molecule has 3 rings (SSSR count). The highest BCUT2D eigenvalue weighted by Gasteiger charge is 2.28. The largest absolute Gasteiger partial charge is 0.346 e. The molecular formula is C23H24F2N2O. The normalized spacial score (nSPS) is 13.5. The van der Waals surface area contributed by atoms with Crippen molar-refractivity contribution in [3.05, 3.63) is 77.5 Å². The van der Waals surface area contributed by atoms with Gasteiger partial charge in [-0.3, -0.25) is 9.78 Å². The number of rotatable bonds is 6. The molecule has 2 aromatic carbocycles. The fourth-order valence-corrected chi connectivity index (χ4v) is 3.73. The van der Waals surface area contributed by atoms with Gasteiger partial charge >= 0.3 is 0 Å². The lowest BCUT2D eigenvalue weighted by molar-refractivity contribution is 0.0894. The summed E-state index contributed by atoms with van der Waals surface area (Å²) in [7, 11) is 0. The minimum absolute atomic E-state index is 0.0780. The smallest absolute Gasteiger partial charge is 0.253 e. The highest BCUT2D eigenvalue weighted by atomic mass is 19.2. The van der Waals surface area contributed by atoms with Crippen LogP contribution in [0.5, 0.6) is 0 Å². The Kier molecular flexibility index (Phi) is 5.73. The highest BCUT2D eigenvalue weighted by Crippen LogP contribution is 2.24. The summed E-state index contributed by atoms with van der Waals surface area (Å²) in [4.78, 5) is 16.9. The lowest BCUT2D eigenvalue weighted by atomic mass is 9.84. The Morgan fingerprint density at radius 2 is 1.86 bits per heavy atom. The average molecular weight is 382 g/mol. The molecule has 1 amide bonds. The SMILES string of the molecule is CC(C)C[C@](C)(Cc1ccccc1)NC(=O)c1cnc2c(F)c(F)ccc2c1. The second kappa shape index (κ2) is 8.05. The van der Waals surface area contributed by atoms with Crippen molar-refractivity contribution in [2.75, 3.05) is 0 Å². The molecule has 5 heteroatoms. The molecule has 3 nitrogen and oxygen atoms in total. The number of hydrogen-bond donors (Lipinski definition) is 1. The Bertz CT molecular complexity index is 989. The van der Waals surface area contributed by atoms with Crippen LogP contribution in [0, 0.1) is 17.6 Å². The van der Waals surface area contributed by atoms with Gasteiger partial charge in [0.25, 0.3) is 5.91 Å². The van der Waals surface area contributed by atoms with E-state index in [1.165, 1.54) is 12.3 Å². The van der Waals surface area contributed by atoms with Crippen LogP contribution in [0.1, 0.15) is 43.1 Å². The summed E-state index contributed by atoms with van der Waals surface area (Å²) in [5.74, 6) is -1.85. The standard InChI is InChI=1S/C23H24F2N2O/c1-15(2)12-23(3,13-16-7-5-4-6-8-16)27-22(28)18-11-17-9-10-19(24)20(25)21(17)26-14-18/h4-11,14-15H,12-13H2,1-3H3,(H,27,28)/t23-/m1/s1. The van der Waals surface area contributed by atoms with E-state index in [1.54, 1.807) is 6.07 Å². The number of fused-ring (bicyclic) bond motifs is 1. The molecule has 0 unspecified atom stereocenters. The van der Waals surface area contributed by atoms with Crippen molar-refractivity contribution >= 4 is 16.8 Å². The first-order chi connectivity index (χ1) is 13.3. The molecule has 0 bridgehead atoms. The van der Waals surface area contributed by atoms with Crippen molar-refractivity contribution in [3.8, 4) is 0 Å². The van der Waals surface area contributed by atoms with Crippen LogP contribution in [0.25, 0.3) is 10.9 Å². The molecule has 146 valence electrons. The second-order valence-electron chi connectivity index (χ2n) is 7.93. The minimum Gasteiger partial charge on any atom is -0.346 e. The Morgan fingerprint density at radius 1 is 1.14 bits per heavy atom. The van der Waals surface area contributed by atoms with Gasteiger partial charge in [0.2, 0.25) is 0 Å². The number of aromatic nitrogens is 1. The Balaban J connectivity index is 1.87. The van der Waals surface area contributed by atoms with Gasteiger partial charge in [-0.2, -0.15) is 0 Å². The zero-order valence-electron chi connectivity index (χ0n) is 16.3. The Hall–Kier alpha value is -2.82. The van der Waals surface area contributed by atoms with Gasteiger partial charge in [-0.25, -0.2) is 8.78 Å². The van der Waals surface area contributed by atoms with Crippen molar-refractivity contribution in [1.29, 1.82) is 0 Å². The van der Waals surface area contributed by atoms with Crippen LogP contribution in [-0.4, -0.2) is 16.4 Å². The quantitative estimate of drug-likeness (QED) is 0.629. The van der Waals surface area contributed by atoms with Gasteiger partial charge < -0.3 is 5.32 Å². The molecule has 0 aliphatic rings. The number of nitrogens with zero attached hydrogens (tertiary/aromatic N) is 1. The lowest BCUT2D eigenvalue weighted by Crippen LogP contribution is -2.48. The predicted molar refractivity (Wildman–Crippen MR) is 107 cm³/mol. The Morgan fingerprint density at radius 3 is 2.54 bits per heavy atom. The van der Waals surface area contributed by atoms with Crippen molar-refractivity contribution in [2.45, 2.75) is 39.2 Å². The lowest BCUT2D eigenvalue weighted by Gasteiger charge is -2.33. The van der Waals surface area contributed by atoms with E-state index in [1.807, 2.05) is 37.3 Å². The van der Waals surface area contributed by atoms with Gasteiger partial charge in [0, 0.05) is 17.1 Å². The maximum Gasteiger partial charge on any atom is 0.253 e. The van der Waals surface area contributed by atoms with Crippen molar-refractivity contribution in [3.63, 3.8) is 0 Å². The third kappa shape index (κ3) is 4.53. The zero-order chi connectivity index (χ0) is 20.3.